The van der Waals surface area contributed by atoms with Gasteiger partial charge in [0, 0.05) is 50.2 Å². The smallest absolute Gasteiger partial charge is 0.365 e. The Hall–Kier alpha value is -4.19. The highest BCUT2D eigenvalue weighted by Crippen LogP contribution is 2.32. The summed E-state index contributed by atoms with van der Waals surface area (Å²) in [4.78, 5) is 21.7. The normalized spacial score (nSPS) is 13.8. The Labute approximate surface area is 266 Å². The molecule has 1 aliphatic rings. The second-order valence-electron chi connectivity index (χ2n) is 11.2. The first-order chi connectivity index (χ1) is 22.2. The summed E-state index contributed by atoms with van der Waals surface area (Å²) in [7, 11) is 1.76. The minimum Gasteiger partial charge on any atom is -0.385 e. The van der Waals surface area contributed by atoms with E-state index >= 15 is 0 Å². The van der Waals surface area contributed by atoms with Gasteiger partial charge in [0.25, 0.3) is 0 Å². The Bertz CT molecular complexity index is 1660. The summed E-state index contributed by atoms with van der Waals surface area (Å²) in [6.45, 7) is 3.74. The quantitative estimate of drug-likeness (QED) is 0.101. The lowest BCUT2D eigenvalue weighted by molar-refractivity contribution is 0.0347. The van der Waals surface area contributed by atoms with E-state index in [1.54, 1.807) is 25.3 Å². The molecule has 0 atom stereocenters. The van der Waals surface area contributed by atoms with Crippen molar-refractivity contribution in [2.24, 2.45) is 0 Å². The van der Waals surface area contributed by atoms with Crippen molar-refractivity contribution in [3.63, 3.8) is 0 Å². The number of fused-ring (bicyclic) bond motifs is 1. The van der Waals surface area contributed by atoms with E-state index in [9.17, 15) is 4.79 Å². The van der Waals surface area contributed by atoms with E-state index in [1.165, 1.54) is 36.3 Å². The molecule has 11 heteroatoms. The van der Waals surface area contributed by atoms with Crippen molar-refractivity contribution in [3.05, 3.63) is 78.4 Å². The average Bonchev–Trinajstić information content (AvgIpc) is 3.75. The summed E-state index contributed by atoms with van der Waals surface area (Å²) in [6.07, 6.45) is 8.51. The maximum atomic E-state index is 12.7. The van der Waals surface area contributed by atoms with Crippen molar-refractivity contribution < 1.29 is 19.1 Å². The summed E-state index contributed by atoms with van der Waals surface area (Å²) in [6, 6.07) is 23.0. The maximum Gasteiger partial charge on any atom is 0.365 e. The van der Waals surface area contributed by atoms with Crippen LogP contribution in [0.1, 0.15) is 55.3 Å². The highest BCUT2D eigenvalue weighted by Gasteiger charge is 2.20. The largest absolute Gasteiger partial charge is 0.385 e. The first-order valence-corrected chi connectivity index (χ1v) is 16.4. The number of anilines is 1. The van der Waals surface area contributed by atoms with Gasteiger partial charge in [0.05, 0.1) is 11.7 Å². The summed E-state index contributed by atoms with van der Waals surface area (Å²) in [5.74, 6) is -0.521. The second kappa shape index (κ2) is 15.2. The van der Waals surface area contributed by atoms with Crippen LogP contribution in [0.25, 0.3) is 32.2 Å². The zero-order valence-corrected chi connectivity index (χ0v) is 26.3. The predicted molar refractivity (Wildman–Crippen MR) is 175 cm³/mol. The maximum absolute atomic E-state index is 12.7. The van der Waals surface area contributed by atoms with E-state index in [2.05, 4.69) is 49.7 Å². The molecule has 0 aliphatic carbocycles. The monoisotopic (exact) mass is 626 g/mol. The Morgan fingerprint density at radius 2 is 1.44 bits per heavy atom. The average molecular weight is 627 g/mol. The molecule has 0 saturated carbocycles. The molecule has 10 nitrogen and oxygen atoms in total. The first kappa shape index (κ1) is 30.8. The van der Waals surface area contributed by atoms with Gasteiger partial charge in [-0.15, -0.1) is 15.3 Å². The molecule has 0 unspecified atom stereocenters. The molecular formula is C34H38N6O4S. The van der Waals surface area contributed by atoms with Crippen molar-refractivity contribution in [1.29, 1.82) is 0 Å². The summed E-state index contributed by atoms with van der Waals surface area (Å²) < 4.78 is 11.3. The van der Waals surface area contributed by atoms with Gasteiger partial charge in [-0.25, -0.2) is 4.79 Å². The van der Waals surface area contributed by atoms with Gasteiger partial charge in [0.1, 0.15) is 21.0 Å². The molecule has 0 amide bonds. The van der Waals surface area contributed by atoms with Crippen LogP contribution < -0.4 is 9.74 Å². The predicted octanol–water partition coefficient (Wildman–Crippen LogP) is 6.47. The molecule has 1 saturated heterocycles. The van der Waals surface area contributed by atoms with Crippen LogP contribution in [0, 0.1) is 0 Å². The van der Waals surface area contributed by atoms with E-state index in [4.69, 9.17) is 14.3 Å². The van der Waals surface area contributed by atoms with E-state index in [-0.39, 0.29) is 0 Å². The van der Waals surface area contributed by atoms with Gasteiger partial charge < -0.3 is 19.2 Å². The van der Waals surface area contributed by atoms with Gasteiger partial charge in [-0.2, -0.15) is 0 Å². The zero-order valence-electron chi connectivity index (χ0n) is 25.5. The molecule has 2 aromatic heterocycles. The molecule has 1 fully saturated rings. The number of benzene rings is 3. The van der Waals surface area contributed by atoms with Gasteiger partial charge in [-0.3, -0.25) is 0 Å². The third kappa shape index (κ3) is 7.91. The minimum atomic E-state index is -0.521. The molecule has 45 heavy (non-hydrogen) atoms. The van der Waals surface area contributed by atoms with Crippen LogP contribution in [0.3, 0.4) is 0 Å². The lowest BCUT2D eigenvalue weighted by Crippen LogP contribution is -2.37. The van der Waals surface area contributed by atoms with E-state index < -0.39 is 5.97 Å². The molecule has 0 spiro atoms. The fourth-order valence-electron chi connectivity index (χ4n) is 5.48. The van der Waals surface area contributed by atoms with Crippen LogP contribution in [0.5, 0.6) is 0 Å². The topological polar surface area (TPSA) is 104 Å². The van der Waals surface area contributed by atoms with E-state index in [0.717, 1.165) is 78.0 Å². The third-order valence-electron chi connectivity index (χ3n) is 8.05. The van der Waals surface area contributed by atoms with Gasteiger partial charge >= 0.3 is 5.97 Å². The lowest BCUT2D eigenvalue weighted by Gasteiger charge is -2.33. The van der Waals surface area contributed by atoms with Crippen LogP contribution in [-0.4, -0.2) is 70.8 Å². The molecule has 0 radical (unpaired) electrons. The fourth-order valence-corrected chi connectivity index (χ4v) is 6.33. The number of hydrogen-bond acceptors (Lipinski definition) is 10. The molecule has 3 aromatic carbocycles. The van der Waals surface area contributed by atoms with Crippen LogP contribution in [0.2, 0.25) is 0 Å². The van der Waals surface area contributed by atoms with E-state index in [0.29, 0.717) is 22.7 Å². The SMILES string of the molecule is COCCCCCCCOC1CCN(c2ccc(-c3nnc(-c4ccc(C(=O)On5nnc6ccccc65)cc4)s3)cc2)CC1. The molecule has 0 N–H and O–H groups in total. The number of nitrogens with zero attached hydrogens (tertiary/aromatic N) is 6. The van der Waals surface area contributed by atoms with Crippen molar-refractivity contribution in [2.75, 3.05) is 38.3 Å². The van der Waals surface area contributed by atoms with Crippen LogP contribution in [-0.2, 0) is 9.47 Å². The van der Waals surface area contributed by atoms with Crippen molar-refractivity contribution in [3.8, 4) is 21.1 Å². The molecule has 6 rings (SSSR count). The lowest BCUT2D eigenvalue weighted by atomic mass is 10.1. The number of carbonyl (C=O) groups is 1. The molecule has 1 aliphatic heterocycles. The molecule has 234 valence electrons. The van der Waals surface area contributed by atoms with Crippen LogP contribution >= 0.6 is 11.3 Å². The van der Waals surface area contributed by atoms with Gasteiger partial charge in [-0.1, -0.05) is 59.7 Å². The third-order valence-corrected chi connectivity index (χ3v) is 9.07. The summed E-state index contributed by atoms with van der Waals surface area (Å²) in [5.41, 5.74) is 4.81. The number of hydrogen-bond donors (Lipinski definition) is 0. The van der Waals surface area contributed by atoms with Crippen molar-refractivity contribution in [2.45, 2.75) is 51.0 Å². The van der Waals surface area contributed by atoms with Crippen molar-refractivity contribution >= 4 is 34.0 Å². The number of rotatable bonds is 14. The molecular weight excluding hydrogens is 588 g/mol. The first-order valence-electron chi connectivity index (χ1n) is 15.6. The Morgan fingerprint density at radius 1 is 0.800 bits per heavy atom. The van der Waals surface area contributed by atoms with Crippen LogP contribution in [0.15, 0.2) is 72.8 Å². The summed E-state index contributed by atoms with van der Waals surface area (Å²) >= 11 is 1.52. The highest BCUT2D eigenvalue weighted by molar-refractivity contribution is 7.17. The van der Waals surface area contributed by atoms with Crippen molar-refractivity contribution in [1.82, 2.24) is 25.4 Å². The van der Waals surface area contributed by atoms with Crippen LogP contribution in [0.4, 0.5) is 5.69 Å². The second-order valence-corrected chi connectivity index (χ2v) is 12.2. The number of aromatic nitrogens is 5. The molecule has 0 bridgehead atoms. The Balaban J connectivity index is 0.971. The fraction of sp³-hybridized carbons (Fsp3) is 0.382. The number of unbranched alkanes of at least 4 members (excludes halogenated alkanes) is 4. The Kier molecular flexibility index (Phi) is 10.4. The summed E-state index contributed by atoms with van der Waals surface area (Å²) in [5, 5.41) is 18.4. The standard InChI is InChI=1S/C34H38N6O4S/c1-42-23-7-3-2-4-8-24-43-29-19-21-39(22-20-29)28-17-15-26(16-18-28)33-37-36-32(45-33)25-11-13-27(14-12-25)34(41)44-40-31-10-6-5-9-30(31)35-38-40/h5-6,9-18,29H,2-4,7-8,19-24H2,1H3. The number of piperidine rings is 1. The number of methoxy groups -OCH3 is 1. The molecule has 5 aromatic rings. The minimum absolute atomic E-state index is 0.363. The Morgan fingerprint density at radius 3 is 2.16 bits per heavy atom. The zero-order chi connectivity index (χ0) is 30.8. The van der Waals surface area contributed by atoms with Gasteiger partial charge in [-0.05, 0) is 79.4 Å². The highest BCUT2D eigenvalue weighted by atomic mass is 32.1. The number of para-hydroxylation sites is 1. The van der Waals surface area contributed by atoms with E-state index in [1.807, 2.05) is 30.3 Å². The molecule has 3 heterocycles. The van der Waals surface area contributed by atoms with Gasteiger partial charge in [0.15, 0.2) is 0 Å². The number of carbonyl (C=O) groups excluding carboxylic acids is 1. The van der Waals surface area contributed by atoms with Gasteiger partial charge in [0.2, 0.25) is 0 Å². The number of ether oxygens (including phenoxy) is 2.